The van der Waals surface area contributed by atoms with Crippen molar-refractivity contribution in [2.75, 3.05) is 7.11 Å². The summed E-state index contributed by atoms with van der Waals surface area (Å²) in [5.74, 6) is 0.736. The Kier molecular flexibility index (Phi) is 4.08. The van der Waals surface area contributed by atoms with Crippen molar-refractivity contribution in [1.82, 2.24) is 15.7 Å². The fourth-order valence-electron chi connectivity index (χ4n) is 2.21. The monoisotopic (exact) mass is 327 g/mol. The number of aliphatic imine (C=N–C) groups is 1. The second kappa shape index (κ2) is 6.34. The first-order valence-corrected chi connectivity index (χ1v) is 6.88. The number of nitro benzene ring substituents is 1. The Morgan fingerprint density at radius 2 is 2.08 bits per heavy atom. The minimum absolute atomic E-state index is 0.0620. The number of non-ortho nitro benzene ring substituents is 1. The van der Waals surface area contributed by atoms with Crippen molar-refractivity contribution >= 4 is 28.1 Å². The molecule has 0 saturated heterocycles. The molecule has 2 aromatic carbocycles. The second-order valence-corrected chi connectivity index (χ2v) is 4.83. The van der Waals surface area contributed by atoms with Gasteiger partial charge < -0.3 is 4.74 Å². The highest BCUT2D eigenvalue weighted by Crippen LogP contribution is 2.24. The van der Waals surface area contributed by atoms with Crippen LogP contribution >= 0.6 is 0 Å². The highest BCUT2D eigenvalue weighted by atomic mass is 16.6. The maximum Gasteiger partial charge on any atom is 0.270 e. The fraction of sp³-hybridized carbons (Fsp3) is 0.0667. The standard InChI is InChI=1S/C15H13N5O4/c1-24-11-5-2-9(3-6-11)16-15(19-21)14-12-8-10(20(22)23)4-7-13(12)17-18-14/h2-8,21H,1H3,(H,16,19)(H,17,18). The molecule has 0 atom stereocenters. The van der Waals surface area contributed by atoms with Gasteiger partial charge in [-0.15, -0.1) is 0 Å². The molecule has 9 heteroatoms. The smallest absolute Gasteiger partial charge is 0.270 e. The molecule has 0 unspecified atom stereocenters. The summed E-state index contributed by atoms with van der Waals surface area (Å²) in [5.41, 5.74) is 3.32. The molecule has 0 radical (unpaired) electrons. The lowest BCUT2D eigenvalue weighted by Crippen LogP contribution is -2.20. The van der Waals surface area contributed by atoms with Crippen LogP contribution in [0.2, 0.25) is 0 Å². The minimum Gasteiger partial charge on any atom is -0.497 e. The van der Waals surface area contributed by atoms with E-state index < -0.39 is 4.92 Å². The van der Waals surface area contributed by atoms with Gasteiger partial charge in [-0.2, -0.15) is 5.10 Å². The number of amidine groups is 1. The summed E-state index contributed by atoms with van der Waals surface area (Å²) >= 11 is 0. The maximum atomic E-state index is 10.9. The first-order valence-electron chi connectivity index (χ1n) is 6.88. The Balaban J connectivity index is 2.06. The number of hydrogen-bond acceptors (Lipinski definition) is 6. The second-order valence-electron chi connectivity index (χ2n) is 4.83. The number of nitro groups is 1. The number of aromatic nitrogens is 2. The number of nitrogens with one attached hydrogen (secondary N) is 2. The van der Waals surface area contributed by atoms with E-state index in [0.29, 0.717) is 22.3 Å². The van der Waals surface area contributed by atoms with Crippen LogP contribution < -0.4 is 10.2 Å². The van der Waals surface area contributed by atoms with Gasteiger partial charge in [0.15, 0.2) is 5.84 Å². The van der Waals surface area contributed by atoms with Gasteiger partial charge in [0.05, 0.1) is 23.2 Å². The molecule has 122 valence electrons. The zero-order valence-corrected chi connectivity index (χ0v) is 12.6. The number of methoxy groups -OCH3 is 1. The quantitative estimate of drug-likeness (QED) is 0.292. The van der Waals surface area contributed by atoms with Crippen LogP contribution in [0.15, 0.2) is 47.5 Å². The third-order valence-corrected chi connectivity index (χ3v) is 3.40. The maximum absolute atomic E-state index is 10.9. The first kappa shape index (κ1) is 15.4. The highest BCUT2D eigenvalue weighted by molar-refractivity contribution is 6.08. The molecule has 0 aliphatic carbocycles. The lowest BCUT2D eigenvalue weighted by Gasteiger charge is -2.03. The van der Waals surface area contributed by atoms with Gasteiger partial charge >= 0.3 is 0 Å². The van der Waals surface area contributed by atoms with E-state index in [9.17, 15) is 15.3 Å². The normalized spacial score (nSPS) is 11.5. The Morgan fingerprint density at radius 3 is 2.71 bits per heavy atom. The van der Waals surface area contributed by atoms with E-state index in [1.54, 1.807) is 37.4 Å². The van der Waals surface area contributed by atoms with E-state index in [1.807, 2.05) is 5.48 Å². The van der Waals surface area contributed by atoms with Crippen molar-refractivity contribution < 1.29 is 14.9 Å². The van der Waals surface area contributed by atoms with Crippen LogP contribution in [0.5, 0.6) is 5.75 Å². The molecule has 0 fully saturated rings. The topological polar surface area (TPSA) is 126 Å². The molecule has 3 N–H and O–H groups in total. The lowest BCUT2D eigenvalue weighted by molar-refractivity contribution is -0.384. The van der Waals surface area contributed by atoms with Crippen molar-refractivity contribution in [3.8, 4) is 5.75 Å². The van der Waals surface area contributed by atoms with Gasteiger partial charge in [0.25, 0.3) is 5.69 Å². The van der Waals surface area contributed by atoms with Crippen LogP contribution in [0.25, 0.3) is 10.9 Å². The summed E-state index contributed by atoms with van der Waals surface area (Å²) in [7, 11) is 1.56. The van der Waals surface area contributed by atoms with Crippen molar-refractivity contribution in [1.29, 1.82) is 0 Å². The Morgan fingerprint density at radius 1 is 1.33 bits per heavy atom. The summed E-state index contributed by atoms with van der Waals surface area (Å²) in [5, 5.41) is 27.6. The number of ether oxygens (including phenoxy) is 1. The summed E-state index contributed by atoms with van der Waals surface area (Å²) in [6.45, 7) is 0. The zero-order valence-electron chi connectivity index (χ0n) is 12.6. The van der Waals surface area contributed by atoms with Crippen LogP contribution in [-0.2, 0) is 0 Å². The summed E-state index contributed by atoms with van der Waals surface area (Å²) in [6, 6.07) is 11.1. The molecule has 0 spiro atoms. The van der Waals surface area contributed by atoms with Gasteiger partial charge in [-0.1, -0.05) is 0 Å². The molecule has 9 nitrogen and oxygen atoms in total. The van der Waals surface area contributed by atoms with Gasteiger partial charge in [-0.05, 0) is 30.3 Å². The molecule has 0 amide bonds. The minimum atomic E-state index is -0.497. The summed E-state index contributed by atoms with van der Waals surface area (Å²) in [6.07, 6.45) is 0. The Bertz CT molecular complexity index is 917. The predicted octanol–water partition coefficient (Wildman–Crippen LogP) is 2.54. The molecule has 24 heavy (non-hydrogen) atoms. The van der Waals surface area contributed by atoms with Crippen LogP contribution in [-0.4, -0.2) is 33.3 Å². The van der Waals surface area contributed by atoms with Crippen molar-refractivity contribution in [2.45, 2.75) is 0 Å². The Labute approximate surface area is 135 Å². The van der Waals surface area contributed by atoms with Crippen molar-refractivity contribution in [2.24, 2.45) is 4.99 Å². The number of hydrogen-bond donors (Lipinski definition) is 3. The zero-order chi connectivity index (χ0) is 17.1. The highest BCUT2D eigenvalue weighted by Gasteiger charge is 2.15. The molecule has 1 aromatic heterocycles. The average molecular weight is 327 g/mol. The molecule has 3 aromatic rings. The fourth-order valence-corrected chi connectivity index (χ4v) is 2.21. The number of H-pyrrole nitrogens is 1. The third kappa shape index (κ3) is 2.88. The van der Waals surface area contributed by atoms with Gasteiger partial charge in [-0.25, -0.2) is 4.99 Å². The number of nitrogens with zero attached hydrogens (tertiary/aromatic N) is 3. The molecule has 0 aliphatic heterocycles. The number of rotatable bonds is 4. The average Bonchev–Trinajstić information content (AvgIpc) is 3.03. The molecule has 0 bridgehead atoms. The first-order chi connectivity index (χ1) is 11.6. The van der Waals surface area contributed by atoms with Crippen LogP contribution in [0.3, 0.4) is 0 Å². The molecule has 0 aliphatic rings. The number of hydroxylamine groups is 1. The van der Waals surface area contributed by atoms with Crippen LogP contribution in [0, 0.1) is 10.1 Å². The largest absolute Gasteiger partial charge is 0.497 e. The summed E-state index contributed by atoms with van der Waals surface area (Å²) in [4.78, 5) is 14.7. The van der Waals surface area contributed by atoms with Gasteiger partial charge in [0.1, 0.15) is 11.4 Å². The van der Waals surface area contributed by atoms with E-state index in [1.165, 1.54) is 12.1 Å². The van der Waals surface area contributed by atoms with Crippen LogP contribution in [0.4, 0.5) is 11.4 Å². The van der Waals surface area contributed by atoms with Gasteiger partial charge in [0.2, 0.25) is 0 Å². The SMILES string of the molecule is COc1ccc(N=C(NO)c2n[nH]c3ccc([N+](=O)[O-])cc23)cc1. The lowest BCUT2D eigenvalue weighted by atomic mass is 10.2. The van der Waals surface area contributed by atoms with E-state index >= 15 is 0 Å². The number of aromatic amines is 1. The van der Waals surface area contributed by atoms with E-state index in [4.69, 9.17) is 4.74 Å². The van der Waals surface area contributed by atoms with E-state index in [0.717, 1.165) is 0 Å². The summed E-state index contributed by atoms with van der Waals surface area (Å²) < 4.78 is 5.07. The van der Waals surface area contributed by atoms with E-state index in [2.05, 4.69) is 15.2 Å². The molecule has 0 saturated carbocycles. The van der Waals surface area contributed by atoms with Gasteiger partial charge in [0, 0.05) is 17.5 Å². The molecular formula is C15H13N5O4. The molecule has 1 heterocycles. The van der Waals surface area contributed by atoms with Crippen LogP contribution in [0.1, 0.15) is 5.69 Å². The van der Waals surface area contributed by atoms with Crippen molar-refractivity contribution in [3.63, 3.8) is 0 Å². The van der Waals surface area contributed by atoms with Gasteiger partial charge in [-0.3, -0.25) is 25.9 Å². The van der Waals surface area contributed by atoms with E-state index in [-0.39, 0.29) is 17.2 Å². The Hall–Kier alpha value is -3.46. The van der Waals surface area contributed by atoms with Crippen molar-refractivity contribution in [3.05, 3.63) is 58.3 Å². The molecular weight excluding hydrogens is 314 g/mol. The predicted molar refractivity (Wildman–Crippen MR) is 86.9 cm³/mol. The number of benzene rings is 2. The third-order valence-electron chi connectivity index (χ3n) is 3.40. The molecule has 3 rings (SSSR count). The number of fused-ring (bicyclic) bond motifs is 1.